The standard InChI is InChI=1S/C12H17NO2/c1-9(2)8-13(10(3)14)11-5-4-6-12(15)7-11/h4-7,9,15H,8H2,1-3H3. The maximum Gasteiger partial charge on any atom is 0.223 e. The number of hydrogen-bond donors (Lipinski definition) is 1. The molecule has 0 aromatic heterocycles. The minimum absolute atomic E-state index is 0.00528. The van der Waals surface area contributed by atoms with Gasteiger partial charge in [-0.2, -0.15) is 0 Å². The number of carbonyl (C=O) groups is 1. The van der Waals surface area contributed by atoms with Crippen molar-refractivity contribution in [3.63, 3.8) is 0 Å². The average molecular weight is 207 g/mol. The molecule has 0 heterocycles. The van der Waals surface area contributed by atoms with Crippen LogP contribution in [-0.4, -0.2) is 17.6 Å². The largest absolute Gasteiger partial charge is 0.508 e. The molecule has 0 aliphatic heterocycles. The fraction of sp³-hybridized carbons (Fsp3) is 0.417. The van der Waals surface area contributed by atoms with E-state index in [1.165, 1.54) is 6.92 Å². The van der Waals surface area contributed by atoms with E-state index in [0.717, 1.165) is 5.69 Å². The molecule has 0 spiro atoms. The van der Waals surface area contributed by atoms with Crippen LogP contribution in [0.4, 0.5) is 5.69 Å². The number of hydrogen-bond acceptors (Lipinski definition) is 2. The van der Waals surface area contributed by atoms with Gasteiger partial charge in [-0.05, 0) is 18.1 Å². The normalized spacial score (nSPS) is 10.4. The third kappa shape index (κ3) is 3.27. The van der Waals surface area contributed by atoms with Gasteiger partial charge in [0.2, 0.25) is 5.91 Å². The Morgan fingerprint density at radius 2 is 2.13 bits per heavy atom. The van der Waals surface area contributed by atoms with Gasteiger partial charge in [0.25, 0.3) is 0 Å². The molecule has 0 fully saturated rings. The highest BCUT2D eigenvalue weighted by molar-refractivity contribution is 5.91. The molecule has 1 aromatic rings. The van der Waals surface area contributed by atoms with Gasteiger partial charge in [0.1, 0.15) is 5.75 Å². The summed E-state index contributed by atoms with van der Waals surface area (Å²) in [7, 11) is 0. The topological polar surface area (TPSA) is 40.5 Å². The molecule has 0 saturated heterocycles. The van der Waals surface area contributed by atoms with Crippen LogP contribution >= 0.6 is 0 Å². The molecule has 0 aliphatic rings. The smallest absolute Gasteiger partial charge is 0.223 e. The Labute approximate surface area is 90.3 Å². The average Bonchev–Trinajstić information content (AvgIpc) is 2.13. The van der Waals surface area contributed by atoms with Gasteiger partial charge in [0, 0.05) is 25.2 Å². The molecule has 1 amide bonds. The van der Waals surface area contributed by atoms with Crippen molar-refractivity contribution in [1.29, 1.82) is 0 Å². The first-order valence-corrected chi connectivity index (χ1v) is 5.08. The number of anilines is 1. The van der Waals surface area contributed by atoms with Crippen LogP contribution in [0, 0.1) is 5.92 Å². The summed E-state index contributed by atoms with van der Waals surface area (Å²) in [5, 5.41) is 9.34. The highest BCUT2D eigenvalue weighted by Gasteiger charge is 2.12. The first kappa shape index (κ1) is 11.6. The van der Waals surface area contributed by atoms with Crippen LogP contribution in [0.25, 0.3) is 0 Å². The molecule has 15 heavy (non-hydrogen) atoms. The van der Waals surface area contributed by atoms with Gasteiger partial charge < -0.3 is 10.0 Å². The molecule has 0 atom stereocenters. The zero-order chi connectivity index (χ0) is 11.4. The van der Waals surface area contributed by atoms with Crippen molar-refractivity contribution in [2.45, 2.75) is 20.8 Å². The van der Waals surface area contributed by atoms with Gasteiger partial charge in [-0.3, -0.25) is 4.79 Å². The molecule has 3 nitrogen and oxygen atoms in total. The van der Waals surface area contributed by atoms with Crippen molar-refractivity contribution in [3.8, 4) is 5.75 Å². The minimum atomic E-state index is -0.00528. The van der Waals surface area contributed by atoms with Crippen molar-refractivity contribution in [3.05, 3.63) is 24.3 Å². The van der Waals surface area contributed by atoms with Crippen molar-refractivity contribution < 1.29 is 9.90 Å². The summed E-state index contributed by atoms with van der Waals surface area (Å²) >= 11 is 0. The Hall–Kier alpha value is -1.51. The number of nitrogens with zero attached hydrogens (tertiary/aromatic N) is 1. The number of rotatable bonds is 3. The van der Waals surface area contributed by atoms with Gasteiger partial charge in [0.15, 0.2) is 0 Å². The highest BCUT2D eigenvalue weighted by atomic mass is 16.3. The molecular weight excluding hydrogens is 190 g/mol. The van der Waals surface area contributed by atoms with Crippen LogP contribution in [0.5, 0.6) is 5.75 Å². The lowest BCUT2D eigenvalue weighted by atomic mass is 10.2. The van der Waals surface area contributed by atoms with E-state index in [1.807, 2.05) is 6.07 Å². The first-order valence-electron chi connectivity index (χ1n) is 5.08. The number of amides is 1. The zero-order valence-corrected chi connectivity index (χ0v) is 9.40. The fourth-order valence-electron chi connectivity index (χ4n) is 1.44. The molecule has 0 bridgehead atoms. The lowest BCUT2D eigenvalue weighted by Gasteiger charge is -2.23. The van der Waals surface area contributed by atoms with Gasteiger partial charge in [-0.25, -0.2) is 0 Å². The summed E-state index contributed by atoms with van der Waals surface area (Å²) in [6.45, 7) is 6.31. The summed E-state index contributed by atoms with van der Waals surface area (Å²) in [4.78, 5) is 13.1. The van der Waals surface area contributed by atoms with E-state index in [9.17, 15) is 9.90 Å². The monoisotopic (exact) mass is 207 g/mol. The van der Waals surface area contributed by atoms with E-state index in [0.29, 0.717) is 12.5 Å². The van der Waals surface area contributed by atoms with Crippen molar-refractivity contribution in [1.82, 2.24) is 0 Å². The van der Waals surface area contributed by atoms with Crippen LogP contribution in [0.3, 0.4) is 0 Å². The van der Waals surface area contributed by atoms with Crippen molar-refractivity contribution in [2.75, 3.05) is 11.4 Å². The van der Waals surface area contributed by atoms with Gasteiger partial charge in [-0.1, -0.05) is 19.9 Å². The maximum atomic E-state index is 11.4. The van der Waals surface area contributed by atoms with Crippen molar-refractivity contribution >= 4 is 11.6 Å². The van der Waals surface area contributed by atoms with E-state index in [-0.39, 0.29) is 11.7 Å². The second-order valence-corrected chi connectivity index (χ2v) is 4.04. The quantitative estimate of drug-likeness (QED) is 0.826. The van der Waals surface area contributed by atoms with Crippen molar-refractivity contribution in [2.24, 2.45) is 5.92 Å². The number of carbonyl (C=O) groups excluding carboxylic acids is 1. The first-order chi connectivity index (χ1) is 7.00. The molecule has 82 valence electrons. The van der Waals surface area contributed by atoms with E-state index < -0.39 is 0 Å². The van der Waals surface area contributed by atoms with E-state index in [1.54, 1.807) is 23.1 Å². The molecule has 1 rings (SSSR count). The van der Waals surface area contributed by atoms with Crippen LogP contribution in [0.1, 0.15) is 20.8 Å². The third-order valence-corrected chi connectivity index (χ3v) is 2.07. The van der Waals surface area contributed by atoms with Crippen LogP contribution in [0.2, 0.25) is 0 Å². The van der Waals surface area contributed by atoms with Crippen LogP contribution < -0.4 is 4.90 Å². The predicted octanol–water partition coefficient (Wildman–Crippen LogP) is 2.40. The molecule has 0 saturated carbocycles. The maximum absolute atomic E-state index is 11.4. The number of phenols is 1. The molecule has 1 aromatic carbocycles. The molecule has 0 unspecified atom stereocenters. The Bertz CT molecular complexity index is 347. The highest BCUT2D eigenvalue weighted by Crippen LogP contribution is 2.21. The Kier molecular flexibility index (Phi) is 3.72. The third-order valence-electron chi connectivity index (χ3n) is 2.07. The molecule has 1 N–H and O–H groups in total. The Morgan fingerprint density at radius 1 is 1.47 bits per heavy atom. The summed E-state index contributed by atoms with van der Waals surface area (Å²) in [5.41, 5.74) is 0.746. The van der Waals surface area contributed by atoms with E-state index >= 15 is 0 Å². The minimum Gasteiger partial charge on any atom is -0.508 e. The van der Waals surface area contributed by atoms with E-state index in [4.69, 9.17) is 0 Å². The van der Waals surface area contributed by atoms with E-state index in [2.05, 4.69) is 13.8 Å². The summed E-state index contributed by atoms with van der Waals surface area (Å²) in [5.74, 6) is 0.577. The summed E-state index contributed by atoms with van der Waals surface area (Å²) in [6.07, 6.45) is 0. The molecule has 0 radical (unpaired) electrons. The second kappa shape index (κ2) is 4.82. The Balaban J connectivity index is 2.94. The number of aromatic hydroxyl groups is 1. The van der Waals surface area contributed by atoms with Gasteiger partial charge >= 0.3 is 0 Å². The van der Waals surface area contributed by atoms with Crippen LogP contribution in [-0.2, 0) is 4.79 Å². The number of benzene rings is 1. The Morgan fingerprint density at radius 3 is 2.60 bits per heavy atom. The molecule has 3 heteroatoms. The second-order valence-electron chi connectivity index (χ2n) is 4.04. The zero-order valence-electron chi connectivity index (χ0n) is 9.40. The number of phenolic OH excluding ortho intramolecular Hbond substituents is 1. The SMILES string of the molecule is CC(=O)N(CC(C)C)c1cccc(O)c1. The van der Waals surface area contributed by atoms with Gasteiger partial charge in [-0.15, -0.1) is 0 Å². The summed E-state index contributed by atoms with van der Waals surface area (Å²) < 4.78 is 0. The predicted molar refractivity (Wildman–Crippen MR) is 61.0 cm³/mol. The van der Waals surface area contributed by atoms with Crippen LogP contribution in [0.15, 0.2) is 24.3 Å². The molecule has 0 aliphatic carbocycles. The molecular formula is C12H17NO2. The summed E-state index contributed by atoms with van der Waals surface area (Å²) in [6, 6.07) is 6.76. The fourth-order valence-corrected chi connectivity index (χ4v) is 1.44. The van der Waals surface area contributed by atoms with Gasteiger partial charge in [0.05, 0.1) is 0 Å². The lowest BCUT2D eigenvalue weighted by Crippen LogP contribution is -2.31. The lowest BCUT2D eigenvalue weighted by molar-refractivity contribution is -0.116.